The summed E-state index contributed by atoms with van der Waals surface area (Å²) in [5, 5.41) is 3.34. The van der Waals surface area contributed by atoms with Gasteiger partial charge >= 0.3 is 0 Å². The highest BCUT2D eigenvalue weighted by atomic mass is 16.2. The van der Waals surface area contributed by atoms with Crippen LogP contribution in [0.5, 0.6) is 0 Å². The van der Waals surface area contributed by atoms with Crippen molar-refractivity contribution >= 4 is 5.91 Å². The molecule has 1 N–H and O–H groups in total. The molecule has 0 aromatic heterocycles. The molecule has 98 valence electrons. The molecule has 0 saturated carbocycles. The third-order valence-electron chi connectivity index (χ3n) is 4.00. The minimum atomic E-state index is 0.240. The summed E-state index contributed by atoms with van der Waals surface area (Å²) >= 11 is 0. The van der Waals surface area contributed by atoms with Crippen LogP contribution in [0.2, 0.25) is 0 Å². The maximum absolute atomic E-state index is 12.0. The first-order valence-corrected chi connectivity index (χ1v) is 6.90. The van der Waals surface area contributed by atoms with Gasteiger partial charge in [0.2, 0.25) is 5.91 Å². The maximum Gasteiger partial charge on any atom is 0.238 e. The number of nitrogens with zero attached hydrogens (tertiary/aromatic N) is 2. The third-order valence-corrected chi connectivity index (χ3v) is 4.00. The molecule has 0 spiro atoms. The topological polar surface area (TPSA) is 35.6 Å². The molecular formula is C13H25N3O. The molecule has 2 heterocycles. The van der Waals surface area contributed by atoms with Crippen LogP contribution in [0.4, 0.5) is 0 Å². The van der Waals surface area contributed by atoms with Gasteiger partial charge in [-0.3, -0.25) is 10.1 Å². The molecule has 4 nitrogen and oxygen atoms in total. The summed E-state index contributed by atoms with van der Waals surface area (Å²) in [4.78, 5) is 16.6. The van der Waals surface area contributed by atoms with E-state index in [-0.39, 0.29) is 12.1 Å². The molecule has 2 saturated heterocycles. The molecule has 2 rings (SSSR count). The second kappa shape index (κ2) is 5.36. The molecule has 2 aliphatic heterocycles. The minimum Gasteiger partial charge on any atom is -0.322 e. The first-order chi connectivity index (χ1) is 8.13. The fraction of sp³-hybridized carbons (Fsp3) is 0.923. The number of nitrogens with one attached hydrogen (secondary N) is 1. The van der Waals surface area contributed by atoms with Crippen LogP contribution in [0.15, 0.2) is 0 Å². The van der Waals surface area contributed by atoms with Crippen LogP contribution in [0.25, 0.3) is 0 Å². The molecule has 2 unspecified atom stereocenters. The smallest absolute Gasteiger partial charge is 0.238 e. The van der Waals surface area contributed by atoms with E-state index in [0.29, 0.717) is 18.5 Å². The van der Waals surface area contributed by atoms with Crippen molar-refractivity contribution < 1.29 is 4.79 Å². The minimum absolute atomic E-state index is 0.240. The first-order valence-electron chi connectivity index (χ1n) is 6.90. The lowest BCUT2D eigenvalue weighted by atomic mass is 10.0. The molecule has 0 bridgehead atoms. The summed E-state index contributed by atoms with van der Waals surface area (Å²) in [6.07, 6.45) is 2.62. The van der Waals surface area contributed by atoms with Crippen LogP contribution in [0, 0.1) is 5.92 Å². The third kappa shape index (κ3) is 2.63. The van der Waals surface area contributed by atoms with E-state index < -0.39 is 0 Å². The average Bonchev–Trinajstić information content (AvgIpc) is 2.71. The van der Waals surface area contributed by atoms with Gasteiger partial charge in [0.05, 0.1) is 12.7 Å². The molecule has 1 amide bonds. The van der Waals surface area contributed by atoms with Crippen molar-refractivity contribution in [3.63, 3.8) is 0 Å². The lowest BCUT2D eigenvalue weighted by molar-refractivity contribution is -0.132. The lowest BCUT2D eigenvalue weighted by Gasteiger charge is -2.40. The van der Waals surface area contributed by atoms with Crippen LogP contribution in [0.3, 0.4) is 0 Å². The van der Waals surface area contributed by atoms with E-state index in [1.54, 1.807) is 0 Å². The summed E-state index contributed by atoms with van der Waals surface area (Å²) in [7, 11) is 0. The fourth-order valence-electron chi connectivity index (χ4n) is 3.07. The van der Waals surface area contributed by atoms with E-state index in [9.17, 15) is 4.79 Å². The molecule has 2 fully saturated rings. The summed E-state index contributed by atoms with van der Waals surface area (Å²) < 4.78 is 0. The quantitative estimate of drug-likeness (QED) is 0.794. The van der Waals surface area contributed by atoms with E-state index in [0.717, 1.165) is 19.5 Å². The number of hydrogen-bond donors (Lipinski definition) is 1. The van der Waals surface area contributed by atoms with Gasteiger partial charge in [-0.1, -0.05) is 20.8 Å². The Balaban J connectivity index is 2.05. The summed E-state index contributed by atoms with van der Waals surface area (Å²) in [6, 6.07) is 0.415. The van der Waals surface area contributed by atoms with Crippen molar-refractivity contribution in [2.75, 3.05) is 26.2 Å². The Labute approximate surface area is 104 Å². The number of hydrogen-bond acceptors (Lipinski definition) is 3. The van der Waals surface area contributed by atoms with Crippen LogP contribution in [-0.2, 0) is 4.79 Å². The van der Waals surface area contributed by atoms with Crippen LogP contribution >= 0.6 is 0 Å². The first kappa shape index (κ1) is 12.8. The standard InChI is InChI=1S/C13H25N3O/c1-4-15-7-5-6-11(9-15)16-12(17)8-14-13(16)10(2)3/h10-11,13-14H,4-9H2,1-3H3. The van der Waals surface area contributed by atoms with Crippen molar-refractivity contribution in [3.05, 3.63) is 0 Å². The van der Waals surface area contributed by atoms with Gasteiger partial charge in [-0.15, -0.1) is 0 Å². The monoisotopic (exact) mass is 239 g/mol. The van der Waals surface area contributed by atoms with Gasteiger partial charge in [0, 0.05) is 12.6 Å². The fourth-order valence-corrected chi connectivity index (χ4v) is 3.07. The Morgan fingerprint density at radius 2 is 2.24 bits per heavy atom. The number of piperidine rings is 1. The molecular weight excluding hydrogens is 214 g/mol. The van der Waals surface area contributed by atoms with Gasteiger partial charge < -0.3 is 9.80 Å². The molecule has 0 radical (unpaired) electrons. The summed E-state index contributed by atoms with van der Waals surface area (Å²) in [5.74, 6) is 0.769. The zero-order valence-electron chi connectivity index (χ0n) is 11.3. The molecule has 0 aliphatic carbocycles. The highest BCUT2D eigenvalue weighted by Crippen LogP contribution is 2.23. The normalized spacial score (nSPS) is 31.5. The highest BCUT2D eigenvalue weighted by molar-refractivity contribution is 5.81. The predicted molar refractivity (Wildman–Crippen MR) is 68.6 cm³/mol. The summed E-state index contributed by atoms with van der Waals surface area (Å²) in [6.45, 7) is 10.4. The van der Waals surface area contributed by atoms with Crippen molar-refractivity contribution in [2.45, 2.75) is 45.8 Å². The predicted octanol–water partition coefficient (Wildman–Crippen LogP) is 0.885. The Morgan fingerprint density at radius 1 is 1.47 bits per heavy atom. The number of amides is 1. The Hall–Kier alpha value is -0.610. The van der Waals surface area contributed by atoms with Gasteiger partial charge in [-0.25, -0.2) is 0 Å². The van der Waals surface area contributed by atoms with E-state index >= 15 is 0 Å². The van der Waals surface area contributed by atoms with Crippen LogP contribution in [0.1, 0.15) is 33.6 Å². The average molecular weight is 239 g/mol. The molecule has 17 heavy (non-hydrogen) atoms. The molecule has 2 aliphatic rings. The number of likely N-dealkylation sites (N-methyl/N-ethyl adjacent to an activating group) is 1. The number of likely N-dealkylation sites (tertiary alicyclic amines) is 1. The van der Waals surface area contributed by atoms with E-state index in [4.69, 9.17) is 0 Å². The molecule has 4 heteroatoms. The van der Waals surface area contributed by atoms with Gasteiger partial charge in [-0.05, 0) is 31.8 Å². The summed E-state index contributed by atoms with van der Waals surface area (Å²) in [5.41, 5.74) is 0. The number of carbonyl (C=O) groups is 1. The zero-order valence-corrected chi connectivity index (χ0v) is 11.3. The molecule has 0 aromatic rings. The van der Waals surface area contributed by atoms with Gasteiger partial charge in [0.25, 0.3) is 0 Å². The van der Waals surface area contributed by atoms with Crippen LogP contribution in [-0.4, -0.2) is 54.1 Å². The number of carbonyl (C=O) groups excluding carboxylic acids is 1. The van der Waals surface area contributed by atoms with E-state index in [1.165, 1.54) is 13.0 Å². The Bertz CT molecular complexity index is 280. The van der Waals surface area contributed by atoms with Crippen molar-refractivity contribution in [1.29, 1.82) is 0 Å². The lowest BCUT2D eigenvalue weighted by Crippen LogP contribution is -2.53. The molecule has 2 atom stereocenters. The number of rotatable bonds is 3. The Morgan fingerprint density at radius 3 is 2.88 bits per heavy atom. The van der Waals surface area contributed by atoms with Crippen molar-refractivity contribution in [1.82, 2.24) is 15.1 Å². The van der Waals surface area contributed by atoms with Gasteiger partial charge in [0.15, 0.2) is 0 Å². The van der Waals surface area contributed by atoms with E-state index in [1.807, 2.05) is 0 Å². The van der Waals surface area contributed by atoms with Gasteiger partial charge in [-0.2, -0.15) is 0 Å². The van der Waals surface area contributed by atoms with Crippen LogP contribution < -0.4 is 5.32 Å². The maximum atomic E-state index is 12.0. The SMILES string of the molecule is CCN1CCCC(N2C(=O)CNC2C(C)C)C1. The van der Waals surface area contributed by atoms with E-state index in [2.05, 4.69) is 35.9 Å². The second-order valence-electron chi connectivity index (χ2n) is 5.56. The largest absolute Gasteiger partial charge is 0.322 e. The second-order valence-corrected chi connectivity index (χ2v) is 5.56. The van der Waals surface area contributed by atoms with Crippen molar-refractivity contribution in [3.8, 4) is 0 Å². The zero-order chi connectivity index (χ0) is 12.4. The molecule has 0 aromatic carbocycles. The highest BCUT2D eigenvalue weighted by Gasteiger charge is 2.38. The van der Waals surface area contributed by atoms with Crippen molar-refractivity contribution in [2.24, 2.45) is 5.92 Å². The van der Waals surface area contributed by atoms with Gasteiger partial charge in [0.1, 0.15) is 0 Å². The Kier molecular flexibility index (Phi) is 4.05.